The van der Waals surface area contributed by atoms with Gasteiger partial charge in [-0.25, -0.2) is 0 Å². The van der Waals surface area contributed by atoms with Crippen molar-refractivity contribution in [3.8, 4) is 11.5 Å². The van der Waals surface area contributed by atoms with Crippen LogP contribution in [-0.2, 0) is 11.3 Å². The second-order valence-electron chi connectivity index (χ2n) is 5.62. The van der Waals surface area contributed by atoms with Crippen LogP contribution in [0.1, 0.15) is 11.1 Å². The van der Waals surface area contributed by atoms with E-state index in [4.69, 9.17) is 4.74 Å². The van der Waals surface area contributed by atoms with Gasteiger partial charge in [-0.05, 0) is 41.1 Å². The standard InChI is InChI=1S/C18H14N2O6S/c1-26-15-8-12(4-7-14(15)21)9-16-17(22)19(18(23)27-16)10-11-2-5-13(6-3-11)20(24)25/h2-9,21H,10H2,1H3/b16-9+. The first-order valence-electron chi connectivity index (χ1n) is 7.74. The van der Waals surface area contributed by atoms with Crippen LogP contribution in [-0.4, -0.2) is 33.2 Å². The van der Waals surface area contributed by atoms with Crippen molar-refractivity contribution >= 4 is 34.7 Å². The van der Waals surface area contributed by atoms with E-state index in [1.807, 2.05) is 0 Å². The number of nitro benzene ring substituents is 1. The molecule has 3 rings (SSSR count). The van der Waals surface area contributed by atoms with Gasteiger partial charge in [-0.3, -0.25) is 24.6 Å². The number of benzene rings is 2. The molecule has 0 unspecified atom stereocenters. The minimum absolute atomic E-state index is 0.0267. The summed E-state index contributed by atoms with van der Waals surface area (Å²) in [5.74, 6) is -0.217. The van der Waals surface area contributed by atoms with E-state index >= 15 is 0 Å². The topological polar surface area (TPSA) is 110 Å². The van der Waals surface area contributed by atoms with Gasteiger partial charge in [0.25, 0.3) is 16.8 Å². The predicted molar refractivity (Wildman–Crippen MR) is 99.3 cm³/mol. The number of carbonyl (C=O) groups is 2. The van der Waals surface area contributed by atoms with Crippen molar-refractivity contribution in [2.45, 2.75) is 6.54 Å². The van der Waals surface area contributed by atoms with Crippen LogP contribution in [0.3, 0.4) is 0 Å². The summed E-state index contributed by atoms with van der Waals surface area (Å²) in [7, 11) is 1.41. The molecule has 0 spiro atoms. The highest BCUT2D eigenvalue weighted by atomic mass is 32.2. The average molecular weight is 386 g/mol. The van der Waals surface area contributed by atoms with Gasteiger partial charge < -0.3 is 9.84 Å². The van der Waals surface area contributed by atoms with E-state index in [0.717, 1.165) is 16.7 Å². The summed E-state index contributed by atoms with van der Waals surface area (Å²) in [4.78, 5) is 36.2. The monoisotopic (exact) mass is 386 g/mol. The summed E-state index contributed by atoms with van der Waals surface area (Å²) < 4.78 is 5.03. The molecule has 27 heavy (non-hydrogen) atoms. The summed E-state index contributed by atoms with van der Waals surface area (Å²) in [5.41, 5.74) is 1.15. The molecule has 0 atom stereocenters. The molecule has 0 saturated carbocycles. The molecule has 1 fully saturated rings. The molecule has 2 amide bonds. The number of phenols is 1. The Balaban J connectivity index is 1.79. The molecule has 1 heterocycles. The van der Waals surface area contributed by atoms with E-state index in [1.54, 1.807) is 18.2 Å². The van der Waals surface area contributed by atoms with E-state index < -0.39 is 16.1 Å². The fraction of sp³-hybridized carbons (Fsp3) is 0.111. The minimum Gasteiger partial charge on any atom is -0.504 e. The van der Waals surface area contributed by atoms with Gasteiger partial charge in [-0.2, -0.15) is 0 Å². The molecule has 8 nitrogen and oxygen atoms in total. The van der Waals surface area contributed by atoms with Gasteiger partial charge in [0, 0.05) is 12.1 Å². The Kier molecular flexibility index (Phi) is 5.13. The number of phenolic OH excluding ortho intramolecular Hbond substituents is 1. The van der Waals surface area contributed by atoms with Gasteiger partial charge in [0.2, 0.25) is 0 Å². The molecule has 0 radical (unpaired) electrons. The van der Waals surface area contributed by atoms with Crippen molar-refractivity contribution in [2.75, 3.05) is 7.11 Å². The van der Waals surface area contributed by atoms with Gasteiger partial charge in [-0.15, -0.1) is 0 Å². The Hall–Kier alpha value is -3.33. The van der Waals surface area contributed by atoms with E-state index in [1.165, 1.54) is 37.4 Å². The smallest absolute Gasteiger partial charge is 0.293 e. The molecule has 138 valence electrons. The molecule has 0 bridgehead atoms. The van der Waals surface area contributed by atoms with Crippen molar-refractivity contribution in [3.05, 3.63) is 68.6 Å². The zero-order valence-electron chi connectivity index (χ0n) is 14.1. The van der Waals surface area contributed by atoms with Crippen molar-refractivity contribution in [1.29, 1.82) is 0 Å². The Morgan fingerprint density at radius 3 is 2.56 bits per heavy atom. The highest BCUT2D eigenvalue weighted by Gasteiger charge is 2.35. The number of hydrogen-bond donors (Lipinski definition) is 1. The molecule has 0 aliphatic carbocycles. The van der Waals surface area contributed by atoms with E-state index in [9.17, 15) is 24.8 Å². The number of non-ortho nitro benzene ring substituents is 1. The van der Waals surface area contributed by atoms with Crippen LogP contribution in [0.5, 0.6) is 11.5 Å². The van der Waals surface area contributed by atoms with Crippen LogP contribution >= 0.6 is 11.8 Å². The van der Waals surface area contributed by atoms with Crippen molar-refractivity contribution < 1.29 is 24.4 Å². The third-order valence-corrected chi connectivity index (χ3v) is 4.77. The second kappa shape index (κ2) is 7.50. The number of nitro groups is 1. The number of carbonyl (C=O) groups excluding carboxylic acids is 2. The highest BCUT2D eigenvalue weighted by Crippen LogP contribution is 2.35. The number of thioether (sulfide) groups is 1. The molecular weight excluding hydrogens is 372 g/mol. The normalized spacial score (nSPS) is 15.4. The lowest BCUT2D eigenvalue weighted by molar-refractivity contribution is -0.384. The summed E-state index contributed by atoms with van der Waals surface area (Å²) in [6, 6.07) is 10.3. The van der Waals surface area contributed by atoms with Crippen molar-refractivity contribution in [2.24, 2.45) is 0 Å². The summed E-state index contributed by atoms with van der Waals surface area (Å²) >= 11 is 0.809. The van der Waals surface area contributed by atoms with E-state index in [2.05, 4.69) is 0 Å². The van der Waals surface area contributed by atoms with Crippen LogP contribution in [0, 0.1) is 10.1 Å². The zero-order valence-corrected chi connectivity index (χ0v) is 14.9. The molecule has 1 saturated heterocycles. The van der Waals surface area contributed by atoms with Crippen LogP contribution in [0.25, 0.3) is 6.08 Å². The molecule has 2 aromatic carbocycles. The molecular formula is C18H14N2O6S. The van der Waals surface area contributed by atoms with Gasteiger partial charge in [0.15, 0.2) is 11.5 Å². The van der Waals surface area contributed by atoms with Gasteiger partial charge in [0.1, 0.15) is 0 Å². The molecule has 1 N–H and O–H groups in total. The Morgan fingerprint density at radius 2 is 1.93 bits per heavy atom. The first-order chi connectivity index (χ1) is 12.9. The van der Waals surface area contributed by atoms with Gasteiger partial charge in [-0.1, -0.05) is 18.2 Å². The number of amides is 2. The zero-order chi connectivity index (χ0) is 19.6. The summed E-state index contributed by atoms with van der Waals surface area (Å²) in [5, 5.41) is 19.9. The van der Waals surface area contributed by atoms with Crippen molar-refractivity contribution in [1.82, 2.24) is 4.90 Å². The maximum Gasteiger partial charge on any atom is 0.293 e. The SMILES string of the molecule is COc1cc(/C=C2/SC(=O)N(Cc3ccc([N+](=O)[O-])cc3)C2=O)ccc1O. The number of nitrogens with zero attached hydrogens (tertiary/aromatic N) is 2. The first kappa shape index (κ1) is 18.5. The number of ether oxygens (including phenoxy) is 1. The van der Waals surface area contributed by atoms with Crippen LogP contribution < -0.4 is 4.74 Å². The maximum atomic E-state index is 12.5. The number of rotatable bonds is 5. The third kappa shape index (κ3) is 3.93. The Bertz CT molecular complexity index is 955. The fourth-order valence-corrected chi connectivity index (χ4v) is 3.32. The number of methoxy groups -OCH3 is 1. The number of hydrogen-bond acceptors (Lipinski definition) is 7. The van der Waals surface area contributed by atoms with Crippen molar-refractivity contribution in [3.63, 3.8) is 0 Å². The second-order valence-corrected chi connectivity index (χ2v) is 6.62. The summed E-state index contributed by atoms with van der Waals surface area (Å²) in [6.07, 6.45) is 1.54. The maximum absolute atomic E-state index is 12.5. The first-order valence-corrected chi connectivity index (χ1v) is 8.56. The molecule has 2 aromatic rings. The highest BCUT2D eigenvalue weighted by molar-refractivity contribution is 8.18. The van der Waals surface area contributed by atoms with Gasteiger partial charge >= 0.3 is 0 Å². The largest absolute Gasteiger partial charge is 0.504 e. The molecule has 1 aliphatic heterocycles. The molecule has 0 aromatic heterocycles. The number of imide groups is 1. The average Bonchev–Trinajstić information content (AvgIpc) is 2.91. The van der Waals surface area contributed by atoms with Crippen LogP contribution in [0.4, 0.5) is 10.5 Å². The Morgan fingerprint density at radius 1 is 1.22 bits per heavy atom. The fourth-order valence-electron chi connectivity index (χ4n) is 2.48. The lowest BCUT2D eigenvalue weighted by Crippen LogP contribution is -2.27. The minimum atomic E-state index is -0.515. The third-order valence-electron chi connectivity index (χ3n) is 3.86. The van der Waals surface area contributed by atoms with E-state index in [-0.39, 0.29) is 28.6 Å². The van der Waals surface area contributed by atoms with Crippen LogP contribution in [0.15, 0.2) is 47.4 Å². The summed E-state index contributed by atoms with van der Waals surface area (Å²) in [6.45, 7) is 0.0267. The predicted octanol–water partition coefficient (Wildman–Crippen LogP) is 3.55. The van der Waals surface area contributed by atoms with E-state index in [0.29, 0.717) is 11.1 Å². The molecule has 9 heteroatoms. The lowest BCUT2D eigenvalue weighted by atomic mass is 10.1. The number of aromatic hydroxyl groups is 1. The molecule has 1 aliphatic rings. The van der Waals surface area contributed by atoms with Crippen LogP contribution in [0.2, 0.25) is 0 Å². The van der Waals surface area contributed by atoms with Gasteiger partial charge in [0.05, 0.1) is 23.5 Å². The lowest BCUT2D eigenvalue weighted by Gasteiger charge is -2.12. The quantitative estimate of drug-likeness (QED) is 0.475. The Labute approximate surface area is 158 Å².